The lowest BCUT2D eigenvalue weighted by Gasteiger charge is -2.08. The highest BCUT2D eigenvalue weighted by molar-refractivity contribution is 6.36. The van der Waals surface area contributed by atoms with Crippen LogP contribution in [0.1, 0.15) is 12.8 Å². The SMILES string of the molecule is O=C(COC(=O)CCC(=O)Nc1ccc(Cl)cc1Cl)Nc1cccc(Cl)c1. The molecule has 6 nitrogen and oxygen atoms in total. The molecule has 0 aliphatic carbocycles. The fourth-order valence-corrected chi connectivity index (χ4v) is 2.65. The topological polar surface area (TPSA) is 84.5 Å². The van der Waals surface area contributed by atoms with Crippen LogP contribution in [0, 0.1) is 0 Å². The Kier molecular flexibility index (Phi) is 7.91. The van der Waals surface area contributed by atoms with E-state index in [1.54, 1.807) is 36.4 Å². The van der Waals surface area contributed by atoms with E-state index in [0.717, 1.165) is 0 Å². The maximum absolute atomic E-state index is 11.9. The predicted octanol–water partition coefficient (Wildman–Crippen LogP) is 4.55. The van der Waals surface area contributed by atoms with E-state index in [0.29, 0.717) is 21.4 Å². The number of rotatable bonds is 7. The first kappa shape index (κ1) is 21.0. The fraction of sp³-hybridized carbons (Fsp3) is 0.167. The Labute approximate surface area is 170 Å². The fourth-order valence-electron chi connectivity index (χ4n) is 2.00. The number of hydrogen-bond donors (Lipinski definition) is 2. The van der Waals surface area contributed by atoms with Gasteiger partial charge in [0.25, 0.3) is 5.91 Å². The Bertz CT molecular complexity index is 858. The number of halogens is 3. The van der Waals surface area contributed by atoms with E-state index in [1.165, 1.54) is 6.07 Å². The summed E-state index contributed by atoms with van der Waals surface area (Å²) in [5.74, 6) is -1.60. The van der Waals surface area contributed by atoms with Crippen LogP contribution in [0.3, 0.4) is 0 Å². The first-order chi connectivity index (χ1) is 12.8. The number of esters is 1. The molecule has 0 heterocycles. The lowest BCUT2D eigenvalue weighted by Crippen LogP contribution is -2.21. The maximum Gasteiger partial charge on any atom is 0.306 e. The Hall–Kier alpha value is -2.28. The summed E-state index contributed by atoms with van der Waals surface area (Å²) < 4.78 is 4.84. The minimum Gasteiger partial charge on any atom is -0.456 e. The van der Waals surface area contributed by atoms with Crippen LogP contribution in [-0.2, 0) is 19.1 Å². The van der Waals surface area contributed by atoms with Crippen LogP contribution in [0.15, 0.2) is 42.5 Å². The molecule has 142 valence electrons. The van der Waals surface area contributed by atoms with Gasteiger partial charge in [0, 0.05) is 22.2 Å². The molecule has 0 spiro atoms. The van der Waals surface area contributed by atoms with E-state index in [4.69, 9.17) is 39.5 Å². The Morgan fingerprint density at radius 1 is 0.852 bits per heavy atom. The van der Waals surface area contributed by atoms with Gasteiger partial charge in [0.15, 0.2) is 6.61 Å². The van der Waals surface area contributed by atoms with Gasteiger partial charge < -0.3 is 15.4 Å². The second kappa shape index (κ2) is 10.2. The van der Waals surface area contributed by atoms with Crippen molar-refractivity contribution < 1.29 is 19.1 Å². The maximum atomic E-state index is 11.9. The second-order valence-corrected chi connectivity index (χ2v) is 6.67. The third-order valence-electron chi connectivity index (χ3n) is 3.23. The molecular weight excluding hydrogens is 415 g/mol. The van der Waals surface area contributed by atoms with Crippen molar-refractivity contribution in [1.82, 2.24) is 0 Å². The van der Waals surface area contributed by atoms with Crippen molar-refractivity contribution in [3.63, 3.8) is 0 Å². The van der Waals surface area contributed by atoms with E-state index in [-0.39, 0.29) is 17.9 Å². The predicted molar refractivity (Wildman–Crippen MR) is 105 cm³/mol. The summed E-state index contributed by atoms with van der Waals surface area (Å²) in [7, 11) is 0. The Balaban J connectivity index is 1.70. The summed E-state index contributed by atoms with van der Waals surface area (Å²) in [6.07, 6.45) is -0.296. The minimum absolute atomic E-state index is 0.117. The van der Waals surface area contributed by atoms with Crippen LogP contribution in [0.2, 0.25) is 15.1 Å². The lowest BCUT2D eigenvalue weighted by atomic mass is 10.2. The van der Waals surface area contributed by atoms with Crippen molar-refractivity contribution in [2.75, 3.05) is 17.2 Å². The number of anilines is 2. The molecule has 2 amide bonds. The normalized spacial score (nSPS) is 10.2. The van der Waals surface area contributed by atoms with Gasteiger partial charge in [-0.1, -0.05) is 40.9 Å². The summed E-state index contributed by atoms with van der Waals surface area (Å²) >= 11 is 17.5. The van der Waals surface area contributed by atoms with Gasteiger partial charge in [0.2, 0.25) is 5.91 Å². The Morgan fingerprint density at radius 3 is 2.30 bits per heavy atom. The van der Waals surface area contributed by atoms with Crippen LogP contribution < -0.4 is 10.6 Å². The molecule has 2 aromatic rings. The smallest absolute Gasteiger partial charge is 0.306 e. The first-order valence-electron chi connectivity index (χ1n) is 7.79. The number of amides is 2. The lowest BCUT2D eigenvalue weighted by molar-refractivity contribution is -0.147. The van der Waals surface area contributed by atoms with Crippen molar-refractivity contribution >= 4 is 64.0 Å². The zero-order valence-corrected chi connectivity index (χ0v) is 16.2. The van der Waals surface area contributed by atoms with Gasteiger partial charge in [-0.05, 0) is 36.4 Å². The minimum atomic E-state index is -0.673. The van der Waals surface area contributed by atoms with Gasteiger partial charge in [-0.2, -0.15) is 0 Å². The van der Waals surface area contributed by atoms with Crippen molar-refractivity contribution in [2.45, 2.75) is 12.8 Å². The molecule has 0 aromatic heterocycles. The number of carbonyl (C=O) groups excluding carboxylic acids is 3. The first-order valence-corrected chi connectivity index (χ1v) is 8.93. The van der Waals surface area contributed by atoms with E-state index < -0.39 is 24.4 Å². The van der Waals surface area contributed by atoms with Crippen molar-refractivity contribution in [2.24, 2.45) is 0 Å². The van der Waals surface area contributed by atoms with E-state index >= 15 is 0 Å². The highest BCUT2D eigenvalue weighted by Gasteiger charge is 2.12. The molecule has 2 aromatic carbocycles. The third-order valence-corrected chi connectivity index (χ3v) is 4.02. The van der Waals surface area contributed by atoms with E-state index in [2.05, 4.69) is 10.6 Å². The quantitative estimate of drug-likeness (QED) is 0.633. The van der Waals surface area contributed by atoms with Crippen molar-refractivity contribution in [1.29, 1.82) is 0 Å². The van der Waals surface area contributed by atoms with E-state index in [9.17, 15) is 14.4 Å². The number of ether oxygens (including phenoxy) is 1. The monoisotopic (exact) mass is 428 g/mol. The highest BCUT2D eigenvalue weighted by atomic mass is 35.5. The molecule has 27 heavy (non-hydrogen) atoms. The average Bonchev–Trinajstić information content (AvgIpc) is 2.60. The number of benzene rings is 2. The van der Waals surface area contributed by atoms with Gasteiger partial charge in [-0.25, -0.2) is 0 Å². The molecule has 2 N–H and O–H groups in total. The van der Waals surface area contributed by atoms with Gasteiger partial charge in [0.05, 0.1) is 17.1 Å². The van der Waals surface area contributed by atoms with Crippen molar-refractivity contribution in [3.05, 3.63) is 57.5 Å². The summed E-state index contributed by atoms with van der Waals surface area (Å²) in [4.78, 5) is 35.3. The van der Waals surface area contributed by atoms with Crippen LogP contribution >= 0.6 is 34.8 Å². The molecule has 9 heteroatoms. The third kappa shape index (κ3) is 7.46. The highest BCUT2D eigenvalue weighted by Crippen LogP contribution is 2.25. The van der Waals surface area contributed by atoms with Gasteiger partial charge in [-0.15, -0.1) is 0 Å². The summed E-state index contributed by atoms with van der Waals surface area (Å²) in [5.41, 5.74) is 0.878. The molecule has 0 fully saturated rings. The summed E-state index contributed by atoms with van der Waals surface area (Å²) in [6.45, 7) is -0.462. The van der Waals surface area contributed by atoms with Gasteiger partial charge in [0.1, 0.15) is 0 Å². The van der Waals surface area contributed by atoms with E-state index in [1.807, 2.05) is 0 Å². The molecule has 0 saturated carbocycles. The summed E-state index contributed by atoms with van der Waals surface area (Å²) in [5, 5.41) is 6.31. The average molecular weight is 430 g/mol. The van der Waals surface area contributed by atoms with Crippen LogP contribution in [0.4, 0.5) is 11.4 Å². The summed E-state index contributed by atoms with van der Waals surface area (Å²) in [6, 6.07) is 11.2. The second-order valence-electron chi connectivity index (χ2n) is 5.39. The van der Waals surface area contributed by atoms with Crippen LogP contribution in [0.5, 0.6) is 0 Å². The van der Waals surface area contributed by atoms with Crippen molar-refractivity contribution in [3.8, 4) is 0 Å². The van der Waals surface area contributed by atoms with Gasteiger partial charge >= 0.3 is 5.97 Å². The standard InChI is InChI=1S/C18H15Cl3N2O4/c19-11-2-1-3-13(8-11)22-17(25)10-27-18(26)7-6-16(24)23-15-5-4-12(20)9-14(15)21/h1-5,8-9H,6-7,10H2,(H,22,25)(H,23,24). The molecule has 0 radical (unpaired) electrons. The molecule has 0 saturated heterocycles. The number of nitrogens with one attached hydrogen (secondary N) is 2. The van der Waals surface area contributed by atoms with Gasteiger partial charge in [-0.3, -0.25) is 14.4 Å². The zero-order valence-electron chi connectivity index (χ0n) is 13.9. The van der Waals surface area contributed by atoms with Crippen LogP contribution in [-0.4, -0.2) is 24.4 Å². The Morgan fingerprint density at radius 2 is 1.59 bits per heavy atom. The number of hydrogen-bond acceptors (Lipinski definition) is 4. The molecule has 0 aliphatic heterocycles. The van der Waals surface area contributed by atoms with Crippen LogP contribution in [0.25, 0.3) is 0 Å². The molecule has 0 bridgehead atoms. The molecule has 0 unspecified atom stereocenters. The molecule has 0 atom stereocenters. The number of carbonyl (C=O) groups is 3. The molecular formula is C18H15Cl3N2O4. The zero-order chi connectivity index (χ0) is 19.8. The molecule has 2 rings (SSSR count). The molecule has 0 aliphatic rings. The largest absolute Gasteiger partial charge is 0.456 e.